The van der Waals surface area contributed by atoms with Crippen LogP contribution in [0.3, 0.4) is 0 Å². The number of rotatable bonds is 2. The molecule has 0 saturated heterocycles. The molecule has 2 aliphatic carbocycles. The summed E-state index contributed by atoms with van der Waals surface area (Å²) in [7, 11) is 0. The van der Waals surface area contributed by atoms with Gasteiger partial charge in [-0.1, -0.05) is 13.3 Å². The summed E-state index contributed by atoms with van der Waals surface area (Å²) in [6.45, 7) is 2.51. The second-order valence-electron chi connectivity index (χ2n) is 6.68. The smallest absolute Gasteiger partial charge is 0.389 e. The number of alkyl halides is 3. The van der Waals surface area contributed by atoms with Crippen LogP contribution in [0.15, 0.2) is 0 Å². The lowest BCUT2D eigenvalue weighted by Crippen LogP contribution is -2.54. The van der Waals surface area contributed by atoms with Crippen LogP contribution in [0.1, 0.15) is 51.9 Å². The standard InChI is InChI=1S/C14H24F3NO/c1-10-2-5-12(8-10,9-18)13(19)6-3-11(4-7-13)14(15,16)17/h10-11,19H,2-9,18H2,1H3. The molecule has 0 aliphatic heterocycles. The number of hydrogen-bond donors (Lipinski definition) is 2. The molecule has 2 nitrogen and oxygen atoms in total. The van der Waals surface area contributed by atoms with Crippen LogP contribution in [-0.4, -0.2) is 23.4 Å². The van der Waals surface area contributed by atoms with Crippen LogP contribution in [0, 0.1) is 17.3 Å². The SMILES string of the molecule is CC1CCC(CN)(C2(O)CCC(C(F)(F)F)CC2)C1. The van der Waals surface area contributed by atoms with Gasteiger partial charge in [0.1, 0.15) is 0 Å². The molecule has 0 heterocycles. The van der Waals surface area contributed by atoms with Crippen LogP contribution in [0.2, 0.25) is 0 Å². The van der Waals surface area contributed by atoms with Crippen molar-refractivity contribution < 1.29 is 18.3 Å². The maximum absolute atomic E-state index is 12.7. The molecule has 0 aromatic carbocycles. The first-order valence-electron chi connectivity index (χ1n) is 7.22. The van der Waals surface area contributed by atoms with Crippen molar-refractivity contribution in [3.05, 3.63) is 0 Å². The van der Waals surface area contributed by atoms with E-state index >= 15 is 0 Å². The largest absolute Gasteiger partial charge is 0.391 e. The molecule has 0 spiro atoms. The summed E-state index contributed by atoms with van der Waals surface area (Å²) in [5.74, 6) is -0.741. The molecule has 0 bridgehead atoms. The van der Waals surface area contributed by atoms with Gasteiger partial charge in [-0.25, -0.2) is 0 Å². The zero-order chi connectivity index (χ0) is 14.3. The summed E-state index contributed by atoms with van der Waals surface area (Å²) < 4.78 is 38.1. The molecule has 5 heteroatoms. The minimum absolute atomic E-state index is 0.0378. The Bertz CT molecular complexity index is 323. The minimum Gasteiger partial charge on any atom is -0.389 e. The lowest BCUT2D eigenvalue weighted by molar-refractivity contribution is -0.203. The van der Waals surface area contributed by atoms with Crippen molar-refractivity contribution in [1.29, 1.82) is 0 Å². The van der Waals surface area contributed by atoms with Crippen molar-refractivity contribution in [3.8, 4) is 0 Å². The number of hydrogen-bond acceptors (Lipinski definition) is 2. The average molecular weight is 279 g/mol. The van der Waals surface area contributed by atoms with Gasteiger partial charge in [-0.15, -0.1) is 0 Å². The second kappa shape index (κ2) is 4.92. The van der Waals surface area contributed by atoms with Gasteiger partial charge in [-0.05, 0) is 44.4 Å². The third-order valence-electron chi connectivity index (χ3n) is 5.51. The predicted molar refractivity (Wildman–Crippen MR) is 67.5 cm³/mol. The molecular weight excluding hydrogens is 255 g/mol. The Morgan fingerprint density at radius 1 is 1.16 bits per heavy atom. The summed E-state index contributed by atoms with van der Waals surface area (Å²) in [6, 6.07) is 0. The molecule has 2 aliphatic rings. The fourth-order valence-corrected chi connectivity index (χ4v) is 4.14. The van der Waals surface area contributed by atoms with Crippen LogP contribution in [0.4, 0.5) is 13.2 Å². The zero-order valence-electron chi connectivity index (χ0n) is 11.5. The molecule has 112 valence electrons. The van der Waals surface area contributed by atoms with Crippen molar-refractivity contribution in [2.45, 2.75) is 63.6 Å². The summed E-state index contributed by atoms with van der Waals surface area (Å²) in [5.41, 5.74) is 4.54. The van der Waals surface area contributed by atoms with Crippen molar-refractivity contribution in [1.82, 2.24) is 0 Å². The lowest BCUT2D eigenvalue weighted by atomic mass is 9.62. The van der Waals surface area contributed by atoms with Gasteiger partial charge >= 0.3 is 6.18 Å². The van der Waals surface area contributed by atoms with Crippen molar-refractivity contribution in [2.75, 3.05) is 6.54 Å². The number of nitrogens with two attached hydrogens (primary N) is 1. The van der Waals surface area contributed by atoms with Gasteiger partial charge in [-0.2, -0.15) is 13.2 Å². The molecule has 0 radical (unpaired) electrons. The molecule has 0 aromatic rings. The van der Waals surface area contributed by atoms with Gasteiger partial charge in [0.25, 0.3) is 0 Å². The number of halogens is 3. The lowest BCUT2D eigenvalue weighted by Gasteiger charge is -2.49. The third kappa shape index (κ3) is 2.64. The molecule has 2 unspecified atom stereocenters. The molecule has 2 rings (SSSR count). The van der Waals surface area contributed by atoms with E-state index in [4.69, 9.17) is 5.73 Å². The first-order chi connectivity index (χ1) is 8.72. The normalized spacial score (nSPS) is 44.5. The summed E-state index contributed by atoms with van der Waals surface area (Å²) in [5, 5.41) is 10.9. The van der Waals surface area contributed by atoms with E-state index in [-0.39, 0.29) is 31.1 Å². The first kappa shape index (κ1) is 15.1. The third-order valence-corrected chi connectivity index (χ3v) is 5.51. The van der Waals surface area contributed by atoms with E-state index in [1.54, 1.807) is 0 Å². The van der Waals surface area contributed by atoms with Gasteiger partial charge in [0.05, 0.1) is 11.5 Å². The average Bonchev–Trinajstić information content (AvgIpc) is 2.72. The first-order valence-corrected chi connectivity index (χ1v) is 7.22. The quantitative estimate of drug-likeness (QED) is 0.815. The summed E-state index contributed by atoms with van der Waals surface area (Å²) in [4.78, 5) is 0. The highest BCUT2D eigenvalue weighted by molar-refractivity contribution is 5.05. The Balaban J connectivity index is 2.09. The van der Waals surface area contributed by atoms with Gasteiger partial charge in [0.2, 0.25) is 0 Å². The fourth-order valence-electron chi connectivity index (χ4n) is 4.14. The Kier molecular flexibility index (Phi) is 3.91. The fraction of sp³-hybridized carbons (Fsp3) is 1.00. The summed E-state index contributed by atoms with van der Waals surface area (Å²) >= 11 is 0. The maximum Gasteiger partial charge on any atom is 0.391 e. The van der Waals surface area contributed by atoms with E-state index in [1.165, 1.54) is 0 Å². The van der Waals surface area contributed by atoms with Gasteiger partial charge in [0, 0.05) is 12.0 Å². The maximum atomic E-state index is 12.7. The van der Waals surface area contributed by atoms with Crippen LogP contribution >= 0.6 is 0 Å². The Morgan fingerprint density at radius 2 is 1.74 bits per heavy atom. The highest BCUT2D eigenvalue weighted by Crippen LogP contribution is 2.55. The van der Waals surface area contributed by atoms with Gasteiger partial charge in [0.15, 0.2) is 0 Å². The van der Waals surface area contributed by atoms with Crippen LogP contribution in [0.25, 0.3) is 0 Å². The van der Waals surface area contributed by atoms with E-state index in [0.717, 1.165) is 19.3 Å². The Hall–Kier alpha value is -0.290. The van der Waals surface area contributed by atoms with E-state index in [9.17, 15) is 18.3 Å². The van der Waals surface area contributed by atoms with Crippen molar-refractivity contribution in [2.24, 2.45) is 23.0 Å². The van der Waals surface area contributed by atoms with E-state index in [2.05, 4.69) is 6.92 Å². The van der Waals surface area contributed by atoms with Gasteiger partial charge in [-0.3, -0.25) is 0 Å². The second-order valence-corrected chi connectivity index (χ2v) is 6.68. The van der Waals surface area contributed by atoms with E-state index in [1.807, 2.05) is 0 Å². The predicted octanol–water partition coefficient (Wildman–Crippen LogP) is 3.24. The zero-order valence-corrected chi connectivity index (χ0v) is 11.5. The Morgan fingerprint density at radius 3 is 2.11 bits per heavy atom. The molecule has 0 amide bonds. The van der Waals surface area contributed by atoms with Crippen molar-refractivity contribution >= 4 is 0 Å². The van der Waals surface area contributed by atoms with Crippen LogP contribution in [0.5, 0.6) is 0 Å². The topological polar surface area (TPSA) is 46.2 Å². The molecule has 19 heavy (non-hydrogen) atoms. The van der Waals surface area contributed by atoms with Crippen LogP contribution < -0.4 is 5.73 Å². The molecule has 2 atom stereocenters. The van der Waals surface area contributed by atoms with Crippen LogP contribution in [-0.2, 0) is 0 Å². The monoisotopic (exact) mass is 279 g/mol. The molecular formula is C14H24F3NO. The van der Waals surface area contributed by atoms with E-state index in [0.29, 0.717) is 12.5 Å². The van der Waals surface area contributed by atoms with Crippen molar-refractivity contribution in [3.63, 3.8) is 0 Å². The highest BCUT2D eigenvalue weighted by Gasteiger charge is 2.55. The number of aliphatic hydroxyl groups is 1. The molecule has 3 N–H and O–H groups in total. The minimum atomic E-state index is -4.12. The van der Waals surface area contributed by atoms with Gasteiger partial charge < -0.3 is 10.8 Å². The molecule has 2 saturated carbocycles. The molecule has 2 fully saturated rings. The summed E-state index contributed by atoms with van der Waals surface area (Å²) in [6.07, 6.45) is -0.870. The highest BCUT2D eigenvalue weighted by atomic mass is 19.4. The van der Waals surface area contributed by atoms with E-state index < -0.39 is 17.7 Å². The molecule has 0 aromatic heterocycles. The Labute approximate surface area is 112 Å².